The summed E-state index contributed by atoms with van der Waals surface area (Å²) in [6.45, 7) is 4.60. The topological polar surface area (TPSA) is 79.8 Å². The van der Waals surface area contributed by atoms with Gasteiger partial charge in [-0.25, -0.2) is 9.97 Å². The molecule has 2 N–H and O–H groups in total. The summed E-state index contributed by atoms with van der Waals surface area (Å²) in [5.74, 6) is 0.748. The number of carbonyl (C=O) groups is 1. The van der Waals surface area contributed by atoms with Crippen molar-refractivity contribution in [1.29, 1.82) is 0 Å². The van der Waals surface area contributed by atoms with Gasteiger partial charge in [-0.2, -0.15) is 0 Å². The highest BCUT2D eigenvalue weighted by atomic mass is 16.1. The minimum absolute atomic E-state index is 0.252. The summed E-state index contributed by atoms with van der Waals surface area (Å²) in [6.07, 6.45) is 4.64. The second-order valence-electron chi connectivity index (χ2n) is 3.99. The van der Waals surface area contributed by atoms with Gasteiger partial charge < -0.3 is 10.6 Å². The average molecular weight is 257 g/mol. The molecule has 0 aromatic carbocycles. The quantitative estimate of drug-likeness (QED) is 0.874. The van der Waals surface area contributed by atoms with Crippen molar-refractivity contribution in [1.82, 2.24) is 15.0 Å². The Kier molecular flexibility index (Phi) is 4.02. The maximum absolute atomic E-state index is 12.0. The fourth-order valence-electron chi connectivity index (χ4n) is 1.53. The van der Waals surface area contributed by atoms with Gasteiger partial charge in [-0.05, 0) is 31.5 Å². The summed E-state index contributed by atoms with van der Waals surface area (Å²) < 4.78 is 0. The summed E-state index contributed by atoms with van der Waals surface area (Å²) in [4.78, 5) is 24.2. The van der Waals surface area contributed by atoms with Crippen molar-refractivity contribution < 1.29 is 4.79 Å². The number of anilines is 2. The lowest BCUT2D eigenvalue weighted by Gasteiger charge is -2.06. The Morgan fingerprint density at radius 3 is 2.89 bits per heavy atom. The Hall–Kier alpha value is -2.50. The number of pyridine rings is 1. The largest absolute Gasteiger partial charge is 0.369 e. The van der Waals surface area contributed by atoms with Gasteiger partial charge in [0, 0.05) is 12.7 Å². The molecule has 19 heavy (non-hydrogen) atoms. The molecule has 0 aliphatic heterocycles. The maximum atomic E-state index is 12.0. The van der Waals surface area contributed by atoms with Crippen LogP contribution in [0.5, 0.6) is 0 Å². The smallest absolute Gasteiger partial charge is 0.277 e. The van der Waals surface area contributed by atoms with Gasteiger partial charge in [0.1, 0.15) is 17.3 Å². The number of nitrogens with zero attached hydrogens (tertiary/aromatic N) is 3. The second-order valence-corrected chi connectivity index (χ2v) is 3.99. The molecule has 0 fully saturated rings. The third-order valence-corrected chi connectivity index (χ3v) is 2.38. The van der Waals surface area contributed by atoms with Crippen LogP contribution < -0.4 is 10.6 Å². The first-order valence-corrected chi connectivity index (χ1v) is 5.99. The number of aryl methyl sites for hydroxylation is 1. The lowest BCUT2D eigenvalue weighted by Crippen LogP contribution is -2.16. The third-order valence-electron chi connectivity index (χ3n) is 2.38. The minimum atomic E-state index is -0.328. The molecule has 2 heterocycles. The Morgan fingerprint density at radius 1 is 1.32 bits per heavy atom. The number of aromatic nitrogens is 3. The highest BCUT2D eigenvalue weighted by molar-refractivity contribution is 6.02. The van der Waals surface area contributed by atoms with Gasteiger partial charge in [0.25, 0.3) is 5.91 Å². The standard InChI is InChI=1S/C13H15N5O/c1-3-15-12-8-14-7-10(17-12)13(19)18-11-6-9(2)4-5-16-11/h4-8H,3H2,1-2H3,(H,15,17)(H,16,18,19). The summed E-state index contributed by atoms with van der Waals surface area (Å²) in [6, 6.07) is 3.65. The molecule has 0 spiro atoms. The van der Waals surface area contributed by atoms with Gasteiger partial charge in [0.05, 0.1) is 12.4 Å². The van der Waals surface area contributed by atoms with Crippen LogP contribution in [0, 0.1) is 6.92 Å². The zero-order valence-electron chi connectivity index (χ0n) is 10.8. The number of carbonyl (C=O) groups excluding carboxylic acids is 1. The van der Waals surface area contributed by atoms with Crippen LogP contribution in [0.15, 0.2) is 30.7 Å². The predicted molar refractivity (Wildman–Crippen MR) is 73.1 cm³/mol. The van der Waals surface area contributed by atoms with Crippen LogP contribution in [-0.4, -0.2) is 27.4 Å². The number of hydrogen-bond donors (Lipinski definition) is 2. The summed E-state index contributed by atoms with van der Waals surface area (Å²) in [7, 11) is 0. The molecule has 2 aromatic heterocycles. The second kappa shape index (κ2) is 5.90. The first kappa shape index (κ1) is 12.9. The van der Waals surface area contributed by atoms with Crippen molar-refractivity contribution in [2.45, 2.75) is 13.8 Å². The molecule has 6 heteroatoms. The number of nitrogens with one attached hydrogen (secondary N) is 2. The minimum Gasteiger partial charge on any atom is -0.369 e. The monoisotopic (exact) mass is 257 g/mol. The van der Waals surface area contributed by atoms with Crippen LogP contribution in [0.3, 0.4) is 0 Å². The van der Waals surface area contributed by atoms with E-state index in [9.17, 15) is 4.79 Å². The molecule has 0 radical (unpaired) electrons. The van der Waals surface area contributed by atoms with E-state index < -0.39 is 0 Å². The number of amides is 1. The van der Waals surface area contributed by atoms with Crippen LogP contribution in [0.1, 0.15) is 23.0 Å². The number of rotatable bonds is 4. The molecule has 0 aliphatic carbocycles. The summed E-state index contributed by atoms with van der Waals surface area (Å²) in [5.41, 5.74) is 1.28. The average Bonchev–Trinajstić information content (AvgIpc) is 2.39. The zero-order valence-corrected chi connectivity index (χ0v) is 10.8. The van der Waals surface area contributed by atoms with E-state index in [4.69, 9.17) is 0 Å². The van der Waals surface area contributed by atoms with Gasteiger partial charge >= 0.3 is 0 Å². The van der Waals surface area contributed by atoms with Crippen molar-refractivity contribution in [3.8, 4) is 0 Å². The van der Waals surface area contributed by atoms with E-state index in [1.165, 1.54) is 6.20 Å². The van der Waals surface area contributed by atoms with E-state index in [1.54, 1.807) is 18.5 Å². The molecule has 1 amide bonds. The Labute approximate surface area is 111 Å². The zero-order chi connectivity index (χ0) is 13.7. The van der Waals surface area contributed by atoms with Gasteiger partial charge in [-0.15, -0.1) is 0 Å². The molecule has 0 aliphatic rings. The van der Waals surface area contributed by atoms with E-state index in [0.29, 0.717) is 11.6 Å². The molecule has 2 aromatic rings. The van der Waals surface area contributed by atoms with Gasteiger partial charge in [0.2, 0.25) is 0 Å². The van der Waals surface area contributed by atoms with Crippen molar-refractivity contribution >= 4 is 17.5 Å². The highest BCUT2D eigenvalue weighted by Gasteiger charge is 2.09. The van der Waals surface area contributed by atoms with E-state index in [-0.39, 0.29) is 11.6 Å². The van der Waals surface area contributed by atoms with Crippen LogP contribution in [0.2, 0.25) is 0 Å². The molecule has 0 bridgehead atoms. The van der Waals surface area contributed by atoms with Crippen LogP contribution in [0.4, 0.5) is 11.6 Å². The summed E-state index contributed by atoms with van der Waals surface area (Å²) in [5, 5.41) is 5.69. The van der Waals surface area contributed by atoms with Crippen molar-refractivity contribution in [3.63, 3.8) is 0 Å². The van der Waals surface area contributed by atoms with E-state index in [0.717, 1.165) is 12.1 Å². The lowest BCUT2D eigenvalue weighted by molar-refractivity contribution is 0.102. The Morgan fingerprint density at radius 2 is 2.16 bits per heavy atom. The SMILES string of the molecule is CCNc1cncc(C(=O)Nc2cc(C)ccn2)n1. The van der Waals surface area contributed by atoms with E-state index >= 15 is 0 Å². The Balaban J connectivity index is 2.13. The van der Waals surface area contributed by atoms with Crippen LogP contribution in [-0.2, 0) is 0 Å². The van der Waals surface area contributed by atoms with E-state index in [1.807, 2.05) is 19.9 Å². The van der Waals surface area contributed by atoms with Gasteiger partial charge in [-0.1, -0.05) is 0 Å². The highest BCUT2D eigenvalue weighted by Crippen LogP contribution is 2.08. The molecule has 6 nitrogen and oxygen atoms in total. The van der Waals surface area contributed by atoms with Gasteiger partial charge in [0.15, 0.2) is 0 Å². The lowest BCUT2D eigenvalue weighted by atomic mass is 10.3. The normalized spacial score (nSPS) is 10.0. The van der Waals surface area contributed by atoms with Crippen molar-refractivity contribution in [2.75, 3.05) is 17.2 Å². The van der Waals surface area contributed by atoms with E-state index in [2.05, 4.69) is 25.6 Å². The molecule has 0 atom stereocenters. The molecule has 98 valence electrons. The maximum Gasteiger partial charge on any atom is 0.277 e. The molecular weight excluding hydrogens is 242 g/mol. The summed E-state index contributed by atoms with van der Waals surface area (Å²) >= 11 is 0. The first-order chi connectivity index (χ1) is 9.19. The molecule has 0 saturated heterocycles. The molecule has 2 rings (SSSR count). The van der Waals surface area contributed by atoms with Crippen LogP contribution in [0.25, 0.3) is 0 Å². The Bertz CT molecular complexity index is 585. The molecule has 0 unspecified atom stereocenters. The fourth-order valence-corrected chi connectivity index (χ4v) is 1.53. The first-order valence-electron chi connectivity index (χ1n) is 5.99. The third kappa shape index (κ3) is 3.48. The van der Waals surface area contributed by atoms with Crippen molar-refractivity contribution in [2.24, 2.45) is 0 Å². The molecular formula is C13H15N5O. The fraction of sp³-hybridized carbons (Fsp3) is 0.231. The predicted octanol–water partition coefficient (Wildman–Crippen LogP) is 1.86. The molecule has 0 saturated carbocycles. The van der Waals surface area contributed by atoms with Crippen molar-refractivity contribution in [3.05, 3.63) is 42.0 Å². The van der Waals surface area contributed by atoms with Crippen LogP contribution >= 0.6 is 0 Å². The number of hydrogen-bond acceptors (Lipinski definition) is 5. The van der Waals surface area contributed by atoms with Gasteiger partial charge in [-0.3, -0.25) is 9.78 Å².